The highest BCUT2D eigenvalue weighted by Crippen LogP contribution is 2.19. The van der Waals surface area contributed by atoms with Gasteiger partial charge in [-0.15, -0.1) is 0 Å². The molecule has 1 aliphatic rings. The number of anilines is 1. The van der Waals surface area contributed by atoms with Crippen molar-refractivity contribution >= 4 is 11.6 Å². The molecule has 1 aromatic carbocycles. The van der Waals surface area contributed by atoms with E-state index in [4.69, 9.17) is 9.47 Å². The van der Waals surface area contributed by atoms with Crippen molar-refractivity contribution in [3.8, 4) is 5.75 Å². The molecule has 0 bridgehead atoms. The van der Waals surface area contributed by atoms with Gasteiger partial charge in [-0.05, 0) is 57.4 Å². The molecule has 0 spiro atoms. The van der Waals surface area contributed by atoms with Crippen molar-refractivity contribution in [2.45, 2.75) is 58.2 Å². The van der Waals surface area contributed by atoms with Crippen molar-refractivity contribution in [3.05, 3.63) is 24.3 Å². The van der Waals surface area contributed by atoms with Crippen LogP contribution in [0.25, 0.3) is 0 Å². The lowest BCUT2D eigenvalue weighted by Crippen LogP contribution is -2.41. The van der Waals surface area contributed by atoms with E-state index in [1.807, 2.05) is 38.1 Å². The molecule has 23 heavy (non-hydrogen) atoms. The predicted molar refractivity (Wildman–Crippen MR) is 91.9 cm³/mol. The molecule has 1 saturated heterocycles. The van der Waals surface area contributed by atoms with Crippen LogP contribution in [0.1, 0.15) is 40.0 Å². The van der Waals surface area contributed by atoms with E-state index in [0.29, 0.717) is 6.61 Å². The summed E-state index contributed by atoms with van der Waals surface area (Å²) in [5.74, 6) is 0.834. The van der Waals surface area contributed by atoms with Crippen LogP contribution in [0.5, 0.6) is 5.75 Å². The minimum atomic E-state index is -0.275. The number of nitrogens with one attached hydrogen (secondary N) is 2. The van der Waals surface area contributed by atoms with Crippen molar-refractivity contribution < 1.29 is 14.3 Å². The van der Waals surface area contributed by atoms with Crippen molar-refractivity contribution in [3.63, 3.8) is 0 Å². The second-order valence-corrected chi connectivity index (χ2v) is 6.15. The summed E-state index contributed by atoms with van der Waals surface area (Å²) in [7, 11) is 0. The summed E-state index contributed by atoms with van der Waals surface area (Å²) in [5, 5.41) is 6.18. The lowest BCUT2D eigenvalue weighted by Gasteiger charge is -2.18. The molecule has 0 radical (unpaired) electrons. The van der Waals surface area contributed by atoms with Gasteiger partial charge in [-0.3, -0.25) is 4.79 Å². The van der Waals surface area contributed by atoms with Crippen molar-refractivity contribution in [1.29, 1.82) is 0 Å². The van der Waals surface area contributed by atoms with Crippen LogP contribution in [0, 0.1) is 0 Å². The third kappa shape index (κ3) is 5.75. The molecule has 1 fully saturated rings. The molecule has 2 N–H and O–H groups in total. The molecular weight excluding hydrogens is 292 g/mol. The fourth-order valence-corrected chi connectivity index (χ4v) is 2.40. The van der Waals surface area contributed by atoms with Gasteiger partial charge >= 0.3 is 0 Å². The number of carbonyl (C=O) groups excluding carboxylic acids is 1. The monoisotopic (exact) mass is 320 g/mol. The Morgan fingerprint density at radius 2 is 2.09 bits per heavy atom. The zero-order valence-electron chi connectivity index (χ0n) is 14.3. The van der Waals surface area contributed by atoms with Crippen LogP contribution in [0.4, 0.5) is 5.69 Å². The SMILES string of the molecule is CC[C@H](C)NC(=O)[C@H](C)Nc1ccc(OC[C@H]2CCCO2)cc1. The van der Waals surface area contributed by atoms with E-state index in [9.17, 15) is 4.79 Å². The highest BCUT2D eigenvalue weighted by Gasteiger charge is 2.16. The Bertz CT molecular complexity index is 484. The summed E-state index contributed by atoms with van der Waals surface area (Å²) in [6.45, 7) is 7.36. The minimum absolute atomic E-state index is 0.0121. The fourth-order valence-electron chi connectivity index (χ4n) is 2.40. The van der Waals surface area contributed by atoms with E-state index in [-0.39, 0.29) is 24.1 Å². The third-order valence-electron chi connectivity index (χ3n) is 4.09. The Balaban J connectivity index is 1.78. The van der Waals surface area contributed by atoms with E-state index < -0.39 is 0 Å². The zero-order chi connectivity index (χ0) is 16.7. The average molecular weight is 320 g/mol. The minimum Gasteiger partial charge on any atom is -0.491 e. The molecule has 1 amide bonds. The predicted octanol–water partition coefficient (Wildman–Crippen LogP) is 2.96. The maximum Gasteiger partial charge on any atom is 0.242 e. The van der Waals surface area contributed by atoms with Crippen molar-refractivity contribution in [1.82, 2.24) is 5.32 Å². The number of rotatable bonds is 8. The molecule has 1 heterocycles. The van der Waals surface area contributed by atoms with Crippen molar-refractivity contribution in [2.24, 2.45) is 0 Å². The first kappa shape index (κ1) is 17.6. The number of ether oxygens (including phenoxy) is 2. The standard InChI is InChI=1S/C18H28N2O3/c1-4-13(2)19-18(21)14(3)20-15-7-9-16(10-8-15)23-12-17-6-5-11-22-17/h7-10,13-14,17,20H,4-6,11-12H2,1-3H3,(H,19,21)/t13-,14-,17+/m0/s1. The summed E-state index contributed by atoms with van der Waals surface area (Å²) in [5.41, 5.74) is 0.904. The first-order valence-electron chi connectivity index (χ1n) is 8.50. The highest BCUT2D eigenvalue weighted by atomic mass is 16.5. The van der Waals surface area contributed by atoms with Crippen LogP contribution >= 0.6 is 0 Å². The van der Waals surface area contributed by atoms with Gasteiger partial charge in [0.15, 0.2) is 0 Å². The van der Waals surface area contributed by atoms with Gasteiger partial charge < -0.3 is 20.1 Å². The maximum absolute atomic E-state index is 12.0. The Hall–Kier alpha value is -1.75. The van der Waals surface area contributed by atoms with Gasteiger partial charge in [0.05, 0.1) is 6.10 Å². The van der Waals surface area contributed by atoms with Gasteiger partial charge in [0, 0.05) is 18.3 Å². The Morgan fingerprint density at radius 3 is 2.70 bits per heavy atom. The second-order valence-electron chi connectivity index (χ2n) is 6.15. The normalized spacial score (nSPS) is 19.9. The largest absolute Gasteiger partial charge is 0.491 e. The maximum atomic E-state index is 12.0. The number of benzene rings is 1. The molecule has 0 aliphatic carbocycles. The van der Waals surface area contributed by atoms with Crippen LogP contribution < -0.4 is 15.4 Å². The Morgan fingerprint density at radius 1 is 1.35 bits per heavy atom. The van der Waals surface area contributed by atoms with Gasteiger partial charge in [0.1, 0.15) is 18.4 Å². The van der Waals surface area contributed by atoms with E-state index in [0.717, 1.165) is 37.3 Å². The number of carbonyl (C=O) groups is 1. The summed E-state index contributed by atoms with van der Waals surface area (Å²) in [6, 6.07) is 7.60. The van der Waals surface area contributed by atoms with Gasteiger partial charge in [0.2, 0.25) is 5.91 Å². The average Bonchev–Trinajstić information content (AvgIpc) is 3.07. The highest BCUT2D eigenvalue weighted by molar-refractivity contribution is 5.84. The second kappa shape index (κ2) is 8.77. The quantitative estimate of drug-likeness (QED) is 0.773. The summed E-state index contributed by atoms with van der Waals surface area (Å²) < 4.78 is 11.3. The van der Waals surface area contributed by atoms with Crippen molar-refractivity contribution in [2.75, 3.05) is 18.5 Å². The molecule has 0 aromatic heterocycles. The Labute approximate surface area is 138 Å². The van der Waals surface area contributed by atoms with Crippen LogP contribution in [0.3, 0.4) is 0 Å². The molecule has 128 valence electrons. The zero-order valence-corrected chi connectivity index (χ0v) is 14.3. The number of hydrogen-bond donors (Lipinski definition) is 2. The molecular formula is C18H28N2O3. The summed E-state index contributed by atoms with van der Waals surface area (Å²) in [4.78, 5) is 12.0. The van der Waals surface area contributed by atoms with E-state index >= 15 is 0 Å². The van der Waals surface area contributed by atoms with Crippen LogP contribution in [0.15, 0.2) is 24.3 Å². The summed E-state index contributed by atoms with van der Waals surface area (Å²) in [6.07, 6.45) is 3.34. The molecule has 5 nitrogen and oxygen atoms in total. The lowest BCUT2D eigenvalue weighted by atomic mass is 10.2. The van der Waals surface area contributed by atoms with E-state index in [1.165, 1.54) is 0 Å². The first-order valence-corrected chi connectivity index (χ1v) is 8.50. The van der Waals surface area contributed by atoms with Gasteiger partial charge in [-0.25, -0.2) is 0 Å². The van der Waals surface area contributed by atoms with Crippen LogP contribution in [-0.4, -0.2) is 37.3 Å². The fraction of sp³-hybridized carbons (Fsp3) is 0.611. The van der Waals surface area contributed by atoms with Gasteiger partial charge in [-0.1, -0.05) is 6.92 Å². The number of amides is 1. The van der Waals surface area contributed by atoms with Crippen LogP contribution in [-0.2, 0) is 9.53 Å². The van der Waals surface area contributed by atoms with Gasteiger partial charge in [-0.2, -0.15) is 0 Å². The summed E-state index contributed by atoms with van der Waals surface area (Å²) >= 11 is 0. The molecule has 0 unspecified atom stereocenters. The smallest absolute Gasteiger partial charge is 0.242 e. The van der Waals surface area contributed by atoms with Gasteiger partial charge in [0.25, 0.3) is 0 Å². The molecule has 5 heteroatoms. The number of hydrogen-bond acceptors (Lipinski definition) is 4. The van der Waals surface area contributed by atoms with E-state index in [2.05, 4.69) is 17.6 Å². The first-order chi connectivity index (χ1) is 11.1. The van der Waals surface area contributed by atoms with E-state index in [1.54, 1.807) is 0 Å². The molecule has 2 rings (SSSR count). The van der Waals surface area contributed by atoms with Crippen LogP contribution in [0.2, 0.25) is 0 Å². The third-order valence-corrected chi connectivity index (χ3v) is 4.09. The molecule has 0 saturated carbocycles. The topological polar surface area (TPSA) is 59.6 Å². The Kier molecular flexibility index (Phi) is 6.71. The molecule has 1 aromatic rings. The lowest BCUT2D eigenvalue weighted by molar-refractivity contribution is -0.122. The molecule has 3 atom stereocenters. The molecule has 1 aliphatic heterocycles.